The Morgan fingerprint density at radius 1 is 1.33 bits per heavy atom. The summed E-state index contributed by atoms with van der Waals surface area (Å²) in [6.07, 6.45) is 3.07. The molecule has 0 amide bonds. The number of benzene rings is 1. The van der Waals surface area contributed by atoms with Crippen LogP contribution in [0.3, 0.4) is 0 Å². The van der Waals surface area contributed by atoms with Crippen molar-refractivity contribution in [1.82, 2.24) is 5.32 Å². The molecule has 2 rings (SSSR count). The number of rotatable bonds is 3. The van der Waals surface area contributed by atoms with E-state index in [4.69, 9.17) is 0 Å². The van der Waals surface area contributed by atoms with Crippen molar-refractivity contribution >= 4 is 0 Å². The Labute approximate surface area is 110 Å². The van der Waals surface area contributed by atoms with Crippen molar-refractivity contribution in [2.45, 2.75) is 45.6 Å². The molecule has 0 saturated carbocycles. The molecule has 0 aliphatic carbocycles. The van der Waals surface area contributed by atoms with Crippen LogP contribution in [0.4, 0.5) is 0 Å². The fraction of sp³-hybridized carbons (Fsp3) is 0.625. The van der Waals surface area contributed by atoms with Gasteiger partial charge in [-0.1, -0.05) is 18.2 Å². The van der Waals surface area contributed by atoms with E-state index >= 15 is 0 Å². The third-order valence-electron chi connectivity index (χ3n) is 4.36. The highest BCUT2D eigenvalue weighted by molar-refractivity contribution is 5.34. The molecule has 0 bridgehead atoms. The predicted molar refractivity (Wildman–Crippen MR) is 75.8 cm³/mol. The fourth-order valence-corrected chi connectivity index (χ4v) is 3.01. The molecule has 2 nitrogen and oxygen atoms in total. The molecule has 2 N–H and O–H groups in total. The van der Waals surface area contributed by atoms with Crippen molar-refractivity contribution in [2.24, 2.45) is 5.92 Å². The minimum absolute atomic E-state index is 0.366. The van der Waals surface area contributed by atoms with Gasteiger partial charge in [-0.25, -0.2) is 0 Å². The Hall–Kier alpha value is -0.860. The first-order valence-corrected chi connectivity index (χ1v) is 6.99. The standard InChI is InChI=1S/C16H25NO/c1-12-6-4-7-13(2)15(12)10-16(3,18)14-8-5-9-17-11-14/h4,6-7,14,17-18H,5,8-11H2,1-3H3. The van der Waals surface area contributed by atoms with Crippen LogP contribution >= 0.6 is 0 Å². The summed E-state index contributed by atoms with van der Waals surface area (Å²) in [5.41, 5.74) is 3.29. The molecule has 1 aliphatic heterocycles. The van der Waals surface area contributed by atoms with Gasteiger partial charge in [-0.2, -0.15) is 0 Å². The molecule has 1 saturated heterocycles. The Kier molecular flexibility index (Phi) is 4.08. The first-order chi connectivity index (χ1) is 8.50. The average molecular weight is 247 g/mol. The minimum atomic E-state index is -0.607. The molecule has 1 heterocycles. The highest BCUT2D eigenvalue weighted by atomic mass is 16.3. The number of hydrogen-bond donors (Lipinski definition) is 2. The van der Waals surface area contributed by atoms with Gasteiger partial charge < -0.3 is 10.4 Å². The van der Waals surface area contributed by atoms with E-state index in [-0.39, 0.29) is 0 Å². The molecule has 0 aromatic heterocycles. The lowest BCUT2D eigenvalue weighted by Gasteiger charge is -2.36. The Morgan fingerprint density at radius 3 is 2.56 bits per heavy atom. The second kappa shape index (κ2) is 5.41. The van der Waals surface area contributed by atoms with Crippen molar-refractivity contribution in [3.05, 3.63) is 34.9 Å². The van der Waals surface area contributed by atoms with Gasteiger partial charge in [0.05, 0.1) is 5.60 Å². The average Bonchev–Trinajstić information content (AvgIpc) is 2.35. The monoisotopic (exact) mass is 247 g/mol. The van der Waals surface area contributed by atoms with E-state index in [1.807, 2.05) is 6.92 Å². The van der Waals surface area contributed by atoms with Gasteiger partial charge in [-0.15, -0.1) is 0 Å². The van der Waals surface area contributed by atoms with Crippen LogP contribution in [0.5, 0.6) is 0 Å². The molecular weight excluding hydrogens is 222 g/mol. The van der Waals surface area contributed by atoms with E-state index in [2.05, 4.69) is 37.4 Å². The molecule has 1 fully saturated rings. The molecule has 2 atom stereocenters. The van der Waals surface area contributed by atoms with E-state index < -0.39 is 5.60 Å². The fourth-order valence-electron chi connectivity index (χ4n) is 3.01. The third-order valence-corrected chi connectivity index (χ3v) is 4.36. The van der Waals surface area contributed by atoms with Crippen molar-refractivity contribution in [2.75, 3.05) is 13.1 Å². The molecule has 2 heteroatoms. The van der Waals surface area contributed by atoms with Crippen molar-refractivity contribution in [3.8, 4) is 0 Å². The van der Waals surface area contributed by atoms with E-state index in [0.29, 0.717) is 5.92 Å². The number of piperidine rings is 1. The van der Waals surface area contributed by atoms with E-state index in [9.17, 15) is 5.11 Å². The quantitative estimate of drug-likeness (QED) is 0.860. The first kappa shape index (κ1) is 13.6. The molecule has 2 unspecified atom stereocenters. The van der Waals surface area contributed by atoms with Crippen LogP contribution in [0.1, 0.15) is 36.5 Å². The van der Waals surface area contributed by atoms with Gasteiger partial charge in [-0.3, -0.25) is 0 Å². The highest BCUT2D eigenvalue weighted by Gasteiger charge is 2.33. The SMILES string of the molecule is Cc1cccc(C)c1CC(C)(O)C1CCCNC1. The van der Waals surface area contributed by atoms with Crippen LogP contribution in [-0.4, -0.2) is 23.8 Å². The summed E-state index contributed by atoms with van der Waals surface area (Å²) in [5.74, 6) is 0.366. The van der Waals surface area contributed by atoms with E-state index in [0.717, 1.165) is 25.9 Å². The lowest BCUT2D eigenvalue weighted by Crippen LogP contribution is -2.45. The van der Waals surface area contributed by atoms with Crippen LogP contribution in [-0.2, 0) is 6.42 Å². The molecule has 18 heavy (non-hydrogen) atoms. The highest BCUT2D eigenvalue weighted by Crippen LogP contribution is 2.29. The van der Waals surface area contributed by atoms with Gasteiger partial charge in [0.1, 0.15) is 0 Å². The van der Waals surface area contributed by atoms with Gasteiger partial charge in [0.25, 0.3) is 0 Å². The van der Waals surface area contributed by atoms with Crippen LogP contribution in [0.2, 0.25) is 0 Å². The lowest BCUT2D eigenvalue weighted by atomic mass is 9.78. The van der Waals surface area contributed by atoms with Gasteiger partial charge >= 0.3 is 0 Å². The normalized spacial score (nSPS) is 23.7. The van der Waals surface area contributed by atoms with Crippen LogP contribution in [0, 0.1) is 19.8 Å². The topological polar surface area (TPSA) is 32.3 Å². The molecule has 100 valence electrons. The summed E-state index contributed by atoms with van der Waals surface area (Å²) < 4.78 is 0. The smallest absolute Gasteiger partial charge is 0.0700 e. The molecule has 1 aromatic carbocycles. The third kappa shape index (κ3) is 2.93. The van der Waals surface area contributed by atoms with Crippen molar-refractivity contribution in [3.63, 3.8) is 0 Å². The summed E-state index contributed by atoms with van der Waals surface area (Å²) in [4.78, 5) is 0. The number of aryl methyl sites for hydroxylation is 2. The maximum absolute atomic E-state index is 10.8. The minimum Gasteiger partial charge on any atom is -0.389 e. The molecule has 0 radical (unpaired) electrons. The Bertz CT molecular complexity index is 385. The van der Waals surface area contributed by atoms with Gasteiger partial charge in [0.15, 0.2) is 0 Å². The summed E-state index contributed by atoms with van der Waals surface area (Å²) in [7, 11) is 0. The second-order valence-electron chi connectivity index (χ2n) is 5.95. The van der Waals surface area contributed by atoms with E-state index in [1.54, 1.807) is 0 Å². The number of hydrogen-bond acceptors (Lipinski definition) is 2. The Morgan fingerprint density at radius 2 is 2.00 bits per heavy atom. The zero-order valence-corrected chi connectivity index (χ0v) is 11.8. The van der Waals surface area contributed by atoms with Gasteiger partial charge in [0, 0.05) is 18.9 Å². The summed E-state index contributed by atoms with van der Waals surface area (Å²) in [5, 5.41) is 14.2. The largest absolute Gasteiger partial charge is 0.389 e. The van der Waals surface area contributed by atoms with Crippen LogP contribution in [0.25, 0.3) is 0 Å². The van der Waals surface area contributed by atoms with Crippen molar-refractivity contribution in [1.29, 1.82) is 0 Å². The number of aliphatic hydroxyl groups is 1. The zero-order chi connectivity index (χ0) is 13.2. The van der Waals surface area contributed by atoms with Crippen molar-refractivity contribution < 1.29 is 5.11 Å². The summed E-state index contributed by atoms with van der Waals surface area (Å²) in [6, 6.07) is 6.36. The summed E-state index contributed by atoms with van der Waals surface area (Å²) >= 11 is 0. The first-order valence-electron chi connectivity index (χ1n) is 6.99. The molecule has 1 aromatic rings. The lowest BCUT2D eigenvalue weighted by molar-refractivity contribution is -0.0104. The molecule has 1 aliphatic rings. The molecule has 0 spiro atoms. The van der Waals surface area contributed by atoms with Crippen LogP contribution in [0.15, 0.2) is 18.2 Å². The van der Waals surface area contributed by atoms with Crippen LogP contribution < -0.4 is 5.32 Å². The predicted octanol–water partition coefficient (Wildman–Crippen LogP) is 2.60. The van der Waals surface area contributed by atoms with E-state index in [1.165, 1.54) is 23.1 Å². The van der Waals surface area contributed by atoms with Gasteiger partial charge in [0.2, 0.25) is 0 Å². The molecular formula is C16H25NO. The second-order valence-corrected chi connectivity index (χ2v) is 5.95. The Balaban J connectivity index is 2.16. The summed E-state index contributed by atoms with van der Waals surface area (Å²) in [6.45, 7) is 8.31. The maximum atomic E-state index is 10.8. The zero-order valence-electron chi connectivity index (χ0n) is 11.8. The number of nitrogens with one attached hydrogen (secondary N) is 1. The maximum Gasteiger partial charge on any atom is 0.0700 e. The van der Waals surface area contributed by atoms with Gasteiger partial charge in [-0.05, 0) is 56.8 Å².